The Bertz CT molecular complexity index is 934. The van der Waals surface area contributed by atoms with E-state index in [0.29, 0.717) is 43.3 Å². The van der Waals surface area contributed by atoms with Gasteiger partial charge in [-0.3, -0.25) is 4.79 Å². The highest BCUT2D eigenvalue weighted by Gasteiger charge is 2.21. The fourth-order valence-electron chi connectivity index (χ4n) is 3.01. The molecule has 4 rings (SSSR count). The standard InChI is InChI=1S/C19H19FN4O2/c20-14-4-2-1-3-12(14)9-18-23-15-6-5-13(10-16(15)24-18)22-19(25)17-11-26-8-7-21-17/h1-6,10,17,21H,7-9,11H2,(H,22,25)(H,23,24). The van der Waals surface area contributed by atoms with E-state index in [1.807, 2.05) is 12.1 Å². The molecule has 1 atom stereocenters. The Morgan fingerprint density at radius 3 is 3.00 bits per heavy atom. The van der Waals surface area contributed by atoms with Crippen molar-refractivity contribution in [3.63, 3.8) is 0 Å². The molecular weight excluding hydrogens is 335 g/mol. The molecule has 0 bridgehead atoms. The SMILES string of the molecule is O=C(Nc1ccc2nc(Cc3ccccc3F)[nH]c2c1)C1COCCN1. The lowest BCUT2D eigenvalue weighted by atomic mass is 10.1. The van der Waals surface area contributed by atoms with E-state index < -0.39 is 0 Å². The minimum Gasteiger partial charge on any atom is -0.378 e. The zero-order valence-corrected chi connectivity index (χ0v) is 14.1. The van der Waals surface area contributed by atoms with Crippen molar-refractivity contribution >= 4 is 22.6 Å². The number of rotatable bonds is 4. The number of nitrogens with zero attached hydrogens (tertiary/aromatic N) is 1. The highest BCUT2D eigenvalue weighted by Crippen LogP contribution is 2.19. The van der Waals surface area contributed by atoms with Crippen molar-refractivity contribution in [3.05, 3.63) is 59.7 Å². The Kier molecular flexibility index (Phi) is 4.64. The number of aromatic nitrogens is 2. The highest BCUT2D eigenvalue weighted by molar-refractivity contribution is 5.96. The maximum atomic E-state index is 13.8. The molecule has 1 saturated heterocycles. The zero-order chi connectivity index (χ0) is 17.9. The largest absolute Gasteiger partial charge is 0.378 e. The Labute approximate surface area is 149 Å². The van der Waals surface area contributed by atoms with Crippen LogP contribution in [0.25, 0.3) is 11.0 Å². The van der Waals surface area contributed by atoms with Gasteiger partial charge >= 0.3 is 0 Å². The number of morpholine rings is 1. The van der Waals surface area contributed by atoms with E-state index in [1.54, 1.807) is 24.3 Å². The molecule has 3 N–H and O–H groups in total. The number of imidazole rings is 1. The molecule has 1 aromatic heterocycles. The van der Waals surface area contributed by atoms with Crippen LogP contribution in [0.5, 0.6) is 0 Å². The molecule has 26 heavy (non-hydrogen) atoms. The number of ether oxygens (including phenoxy) is 1. The topological polar surface area (TPSA) is 79.0 Å². The van der Waals surface area contributed by atoms with E-state index in [4.69, 9.17) is 4.74 Å². The molecule has 2 heterocycles. The van der Waals surface area contributed by atoms with Gasteiger partial charge in [-0.05, 0) is 29.8 Å². The summed E-state index contributed by atoms with van der Waals surface area (Å²) in [6, 6.07) is 11.8. The monoisotopic (exact) mass is 354 g/mol. The molecule has 0 spiro atoms. The average Bonchev–Trinajstić information content (AvgIpc) is 3.06. The lowest BCUT2D eigenvalue weighted by molar-refractivity contribution is -0.120. The number of anilines is 1. The van der Waals surface area contributed by atoms with Gasteiger partial charge in [0.05, 0.1) is 24.2 Å². The van der Waals surface area contributed by atoms with Crippen molar-refractivity contribution in [2.24, 2.45) is 0 Å². The summed E-state index contributed by atoms with van der Waals surface area (Å²) in [7, 11) is 0. The van der Waals surface area contributed by atoms with Gasteiger partial charge in [0, 0.05) is 18.7 Å². The number of nitrogens with one attached hydrogen (secondary N) is 3. The van der Waals surface area contributed by atoms with Gasteiger partial charge in [0.1, 0.15) is 17.7 Å². The molecule has 1 amide bonds. The van der Waals surface area contributed by atoms with Gasteiger partial charge < -0.3 is 20.4 Å². The minimum atomic E-state index is -0.349. The molecule has 1 aliphatic heterocycles. The molecule has 7 heteroatoms. The number of fused-ring (bicyclic) bond motifs is 1. The van der Waals surface area contributed by atoms with Crippen LogP contribution in [0.1, 0.15) is 11.4 Å². The third kappa shape index (κ3) is 3.58. The second-order valence-corrected chi connectivity index (χ2v) is 6.25. The highest BCUT2D eigenvalue weighted by atomic mass is 19.1. The lowest BCUT2D eigenvalue weighted by Gasteiger charge is -2.22. The van der Waals surface area contributed by atoms with Crippen LogP contribution in [0.3, 0.4) is 0 Å². The average molecular weight is 354 g/mol. The number of aromatic amines is 1. The normalized spacial score (nSPS) is 17.3. The van der Waals surface area contributed by atoms with Crippen LogP contribution in [-0.4, -0.2) is 41.7 Å². The number of halogens is 1. The Balaban J connectivity index is 1.50. The van der Waals surface area contributed by atoms with E-state index in [9.17, 15) is 9.18 Å². The van der Waals surface area contributed by atoms with E-state index in [-0.39, 0.29) is 17.8 Å². The Morgan fingerprint density at radius 2 is 2.19 bits per heavy atom. The summed E-state index contributed by atoms with van der Waals surface area (Å²) < 4.78 is 19.1. The first-order valence-corrected chi connectivity index (χ1v) is 8.53. The molecule has 0 radical (unpaired) electrons. The van der Waals surface area contributed by atoms with Crippen molar-refractivity contribution in [1.29, 1.82) is 0 Å². The van der Waals surface area contributed by atoms with E-state index in [0.717, 1.165) is 11.0 Å². The van der Waals surface area contributed by atoms with E-state index >= 15 is 0 Å². The number of hydrogen-bond acceptors (Lipinski definition) is 4. The van der Waals surface area contributed by atoms with Crippen LogP contribution in [0.4, 0.5) is 10.1 Å². The van der Waals surface area contributed by atoms with Crippen molar-refractivity contribution in [1.82, 2.24) is 15.3 Å². The number of hydrogen-bond donors (Lipinski definition) is 3. The summed E-state index contributed by atoms with van der Waals surface area (Å²) in [5.41, 5.74) is 2.83. The summed E-state index contributed by atoms with van der Waals surface area (Å²) in [6.45, 7) is 1.65. The fourth-order valence-corrected chi connectivity index (χ4v) is 3.01. The predicted octanol–water partition coefficient (Wildman–Crippen LogP) is 2.22. The van der Waals surface area contributed by atoms with Crippen molar-refractivity contribution in [3.8, 4) is 0 Å². The minimum absolute atomic E-state index is 0.129. The smallest absolute Gasteiger partial charge is 0.243 e. The number of carbonyl (C=O) groups is 1. The Hall–Kier alpha value is -2.77. The third-order valence-electron chi connectivity index (χ3n) is 4.35. The van der Waals surface area contributed by atoms with Crippen LogP contribution in [0, 0.1) is 5.82 Å². The first-order valence-electron chi connectivity index (χ1n) is 8.53. The van der Waals surface area contributed by atoms with Gasteiger partial charge in [0.2, 0.25) is 5.91 Å². The summed E-state index contributed by atoms with van der Waals surface area (Å²) in [6.07, 6.45) is 0.381. The molecule has 6 nitrogen and oxygen atoms in total. The van der Waals surface area contributed by atoms with Gasteiger partial charge in [-0.1, -0.05) is 18.2 Å². The molecule has 2 aromatic carbocycles. The van der Waals surface area contributed by atoms with Crippen LogP contribution < -0.4 is 10.6 Å². The van der Waals surface area contributed by atoms with Gasteiger partial charge in [-0.25, -0.2) is 9.37 Å². The third-order valence-corrected chi connectivity index (χ3v) is 4.35. The molecule has 0 saturated carbocycles. The maximum Gasteiger partial charge on any atom is 0.243 e. The van der Waals surface area contributed by atoms with Crippen molar-refractivity contribution in [2.45, 2.75) is 12.5 Å². The summed E-state index contributed by atoms with van der Waals surface area (Å²) in [5.74, 6) is 0.300. The van der Waals surface area contributed by atoms with E-state index in [1.165, 1.54) is 6.07 Å². The second kappa shape index (κ2) is 7.23. The molecular formula is C19H19FN4O2. The lowest BCUT2D eigenvalue weighted by Crippen LogP contribution is -2.48. The van der Waals surface area contributed by atoms with Gasteiger partial charge in [0.25, 0.3) is 0 Å². The number of benzene rings is 2. The summed E-state index contributed by atoms with van der Waals surface area (Å²) in [4.78, 5) is 20.0. The van der Waals surface area contributed by atoms with Crippen LogP contribution >= 0.6 is 0 Å². The van der Waals surface area contributed by atoms with Crippen LogP contribution in [0.15, 0.2) is 42.5 Å². The maximum absolute atomic E-state index is 13.8. The number of H-pyrrole nitrogens is 1. The molecule has 3 aromatic rings. The van der Waals surface area contributed by atoms with Gasteiger partial charge in [-0.15, -0.1) is 0 Å². The summed E-state index contributed by atoms with van der Waals surface area (Å²) in [5, 5.41) is 6.00. The number of amides is 1. The molecule has 1 aliphatic rings. The molecule has 134 valence electrons. The van der Waals surface area contributed by atoms with Crippen LogP contribution in [0.2, 0.25) is 0 Å². The first kappa shape index (κ1) is 16.7. The molecule has 0 aliphatic carbocycles. The first-order chi connectivity index (χ1) is 12.7. The zero-order valence-electron chi connectivity index (χ0n) is 14.1. The van der Waals surface area contributed by atoms with E-state index in [2.05, 4.69) is 20.6 Å². The van der Waals surface area contributed by atoms with Crippen molar-refractivity contribution in [2.75, 3.05) is 25.1 Å². The molecule has 1 unspecified atom stereocenters. The second-order valence-electron chi connectivity index (χ2n) is 6.25. The number of carbonyl (C=O) groups excluding carboxylic acids is 1. The predicted molar refractivity (Wildman–Crippen MR) is 96.5 cm³/mol. The fraction of sp³-hybridized carbons (Fsp3) is 0.263. The van der Waals surface area contributed by atoms with Gasteiger partial charge in [0.15, 0.2) is 0 Å². The van der Waals surface area contributed by atoms with Crippen LogP contribution in [-0.2, 0) is 16.0 Å². The Morgan fingerprint density at radius 1 is 1.31 bits per heavy atom. The van der Waals surface area contributed by atoms with Crippen molar-refractivity contribution < 1.29 is 13.9 Å². The molecule has 1 fully saturated rings. The quantitative estimate of drug-likeness (QED) is 0.671. The van der Waals surface area contributed by atoms with Gasteiger partial charge in [-0.2, -0.15) is 0 Å². The summed E-state index contributed by atoms with van der Waals surface area (Å²) >= 11 is 0.